The smallest absolute Gasteiger partial charge is 0.411 e. The van der Waals surface area contributed by atoms with Gasteiger partial charge in [0.2, 0.25) is 0 Å². The second-order valence-corrected chi connectivity index (χ2v) is 7.33. The zero-order chi connectivity index (χ0) is 18.5. The fourth-order valence-electron chi connectivity index (χ4n) is 3.28. The molecule has 5 heteroatoms. The van der Waals surface area contributed by atoms with E-state index >= 15 is 0 Å². The minimum atomic E-state index is -0.500. The number of nitrogens with one attached hydrogen (secondary N) is 1. The summed E-state index contributed by atoms with van der Waals surface area (Å²) in [5.74, 6) is 0.438. The van der Waals surface area contributed by atoms with Crippen LogP contribution in [0.4, 0.5) is 4.79 Å². The molecule has 1 heterocycles. The molecule has 0 aromatic carbocycles. The first kappa shape index (κ1) is 20.1. The minimum absolute atomic E-state index is 0.0862. The number of hydrogen-bond acceptors (Lipinski definition) is 4. The Morgan fingerprint density at radius 3 is 2.38 bits per heavy atom. The van der Waals surface area contributed by atoms with Gasteiger partial charge in [0.05, 0.1) is 6.04 Å². The van der Waals surface area contributed by atoms with E-state index < -0.39 is 5.60 Å². The Bertz CT molecular complexity index is 505. The van der Waals surface area contributed by atoms with Crippen molar-refractivity contribution in [1.82, 2.24) is 10.2 Å². The molecule has 24 heavy (non-hydrogen) atoms. The Morgan fingerprint density at radius 1 is 1.33 bits per heavy atom. The third-order valence-corrected chi connectivity index (χ3v) is 4.22. The van der Waals surface area contributed by atoms with Gasteiger partial charge in [0, 0.05) is 18.8 Å². The van der Waals surface area contributed by atoms with Gasteiger partial charge in [-0.05, 0) is 59.0 Å². The first-order valence-corrected chi connectivity index (χ1v) is 8.49. The predicted molar refractivity (Wildman–Crippen MR) is 97.8 cm³/mol. The van der Waals surface area contributed by atoms with Crippen molar-refractivity contribution >= 4 is 6.09 Å². The predicted octanol–water partition coefficient (Wildman–Crippen LogP) is 4.14. The molecule has 2 N–H and O–H groups in total. The fourth-order valence-corrected chi connectivity index (χ4v) is 3.28. The summed E-state index contributed by atoms with van der Waals surface area (Å²) < 4.78 is 5.39. The van der Waals surface area contributed by atoms with Crippen LogP contribution in [0.1, 0.15) is 47.0 Å². The highest BCUT2D eigenvalue weighted by molar-refractivity contribution is 5.70. The zero-order valence-electron chi connectivity index (χ0n) is 15.6. The molecule has 5 nitrogen and oxygen atoms in total. The van der Waals surface area contributed by atoms with E-state index in [9.17, 15) is 9.90 Å². The van der Waals surface area contributed by atoms with Crippen molar-refractivity contribution in [2.75, 3.05) is 7.05 Å². The molecule has 3 unspecified atom stereocenters. The lowest BCUT2D eigenvalue weighted by Crippen LogP contribution is -2.47. The van der Waals surface area contributed by atoms with Crippen LogP contribution in [-0.4, -0.2) is 40.8 Å². The molecule has 2 bridgehead atoms. The summed E-state index contributed by atoms with van der Waals surface area (Å²) in [6.07, 6.45) is 6.56. The van der Waals surface area contributed by atoms with Crippen molar-refractivity contribution < 1.29 is 14.6 Å². The second-order valence-electron chi connectivity index (χ2n) is 7.33. The van der Waals surface area contributed by atoms with Crippen molar-refractivity contribution in [3.63, 3.8) is 0 Å². The summed E-state index contributed by atoms with van der Waals surface area (Å²) in [5.41, 5.74) is 0.447. The first-order chi connectivity index (χ1) is 11.1. The summed E-state index contributed by atoms with van der Waals surface area (Å²) >= 11 is 0. The molecule has 0 spiro atoms. The van der Waals surface area contributed by atoms with Crippen LogP contribution in [0, 0.1) is 5.92 Å². The van der Waals surface area contributed by atoms with Gasteiger partial charge in [-0.2, -0.15) is 0 Å². The number of allylic oxidation sites excluding steroid dienone is 2. The lowest BCUT2D eigenvalue weighted by atomic mass is 9.98. The van der Waals surface area contributed by atoms with E-state index in [1.54, 1.807) is 4.90 Å². The number of amides is 1. The quantitative estimate of drug-likeness (QED) is 0.600. The molecule has 0 aromatic rings. The number of likely N-dealkylation sites (N-methyl/N-ethyl adjacent to an activating group) is 1. The Hall–Kier alpha value is -1.91. The average molecular weight is 336 g/mol. The number of aliphatic hydroxyl groups is 1. The fraction of sp³-hybridized carbons (Fsp3) is 0.632. The second kappa shape index (κ2) is 8.27. The van der Waals surface area contributed by atoms with Crippen molar-refractivity contribution in [2.45, 2.75) is 64.6 Å². The van der Waals surface area contributed by atoms with Gasteiger partial charge in [0.15, 0.2) is 0 Å². The molecule has 1 saturated heterocycles. The number of aliphatic hydroxyl groups excluding tert-OH is 1. The molecule has 3 atom stereocenters. The van der Waals surface area contributed by atoms with Gasteiger partial charge >= 0.3 is 6.09 Å². The lowest BCUT2D eigenvalue weighted by Gasteiger charge is -2.35. The number of rotatable bonds is 3. The third-order valence-electron chi connectivity index (χ3n) is 4.22. The molecule has 0 radical (unpaired) electrons. The molecule has 1 aliphatic heterocycles. The number of carbonyl (C=O) groups excluding carboxylic acids is 1. The number of carbonyl (C=O) groups is 1. The van der Waals surface area contributed by atoms with Crippen LogP contribution in [0.15, 0.2) is 36.8 Å². The topological polar surface area (TPSA) is 61.8 Å². The van der Waals surface area contributed by atoms with E-state index in [1.807, 2.05) is 46.9 Å². The summed E-state index contributed by atoms with van der Waals surface area (Å²) in [7, 11) is 1.85. The summed E-state index contributed by atoms with van der Waals surface area (Å²) in [6.45, 7) is 14.8. The van der Waals surface area contributed by atoms with Gasteiger partial charge in [-0.25, -0.2) is 4.79 Å². The van der Waals surface area contributed by atoms with Crippen LogP contribution >= 0.6 is 0 Å². The van der Waals surface area contributed by atoms with Crippen molar-refractivity contribution in [3.05, 3.63) is 36.8 Å². The standard InChI is InChI=1S/C13H21NO3.C6H11N/c1-8(15)11-9-5-6-10(7-9)14(11)12(16)17-13(2,3)4;1-4-5-6(2)7-3/h9-11,15H,1,5-7H2,2-4H3;4-5,7H,2H2,1,3H3/b;5-4-. The van der Waals surface area contributed by atoms with Gasteiger partial charge in [-0.3, -0.25) is 4.90 Å². The van der Waals surface area contributed by atoms with Crippen molar-refractivity contribution in [1.29, 1.82) is 0 Å². The summed E-state index contributed by atoms with van der Waals surface area (Å²) in [4.78, 5) is 13.8. The number of piperidine rings is 1. The molecule has 2 fully saturated rings. The number of nitrogens with zero attached hydrogens (tertiary/aromatic N) is 1. The van der Waals surface area contributed by atoms with E-state index in [-0.39, 0.29) is 23.9 Å². The van der Waals surface area contributed by atoms with E-state index in [2.05, 4.69) is 18.5 Å². The number of ether oxygens (including phenoxy) is 1. The molecule has 1 amide bonds. The molecule has 136 valence electrons. The van der Waals surface area contributed by atoms with Crippen LogP contribution in [0.5, 0.6) is 0 Å². The van der Waals surface area contributed by atoms with E-state index in [0.29, 0.717) is 5.92 Å². The molecule has 2 aliphatic rings. The average Bonchev–Trinajstić information content (AvgIpc) is 3.06. The van der Waals surface area contributed by atoms with Crippen LogP contribution in [0.25, 0.3) is 0 Å². The van der Waals surface area contributed by atoms with Gasteiger partial charge in [-0.1, -0.05) is 19.2 Å². The molecule has 1 aliphatic carbocycles. The maximum absolute atomic E-state index is 12.1. The Labute approximate surface area is 146 Å². The molecule has 2 rings (SSSR count). The monoisotopic (exact) mass is 336 g/mol. The number of fused-ring (bicyclic) bond motifs is 2. The van der Waals surface area contributed by atoms with Crippen LogP contribution in [0.3, 0.4) is 0 Å². The Balaban J connectivity index is 0.000000351. The maximum atomic E-state index is 12.1. The van der Waals surface area contributed by atoms with E-state index in [1.165, 1.54) is 0 Å². The highest BCUT2D eigenvalue weighted by Crippen LogP contribution is 2.44. The SMILES string of the molecule is C=C(/C=C\C)NC.C=C(O)C1C2CCC(C2)N1C(=O)OC(C)(C)C. The van der Waals surface area contributed by atoms with Gasteiger partial charge in [0.25, 0.3) is 0 Å². The minimum Gasteiger partial charge on any atom is -0.511 e. The molecule has 1 saturated carbocycles. The van der Waals surface area contributed by atoms with E-state index in [0.717, 1.165) is 25.0 Å². The van der Waals surface area contributed by atoms with Crippen LogP contribution in [0.2, 0.25) is 0 Å². The first-order valence-electron chi connectivity index (χ1n) is 8.49. The number of hydrogen-bond donors (Lipinski definition) is 2. The third kappa shape index (κ3) is 5.32. The van der Waals surface area contributed by atoms with Crippen LogP contribution in [-0.2, 0) is 4.74 Å². The maximum Gasteiger partial charge on any atom is 0.411 e. The van der Waals surface area contributed by atoms with Crippen molar-refractivity contribution in [3.8, 4) is 0 Å². The van der Waals surface area contributed by atoms with E-state index in [4.69, 9.17) is 4.74 Å². The van der Waals surface area contributed by atoms with Gasteiger partial charge in [0.1, 0.15) is 11.4 Å². The summed E-state index contributed by atoms with van der Waals surface area (Å²) in [5, 5.41) is 12.5. The highest BCUT2D eigenvalue weighted by Gasteiger charge is 2.50. The van der Waals surface area contributed by atoms with Crippen molar-refractivity contribution in [2.24, 2.45) is 5.92 Å². The largest absolute Gasteiger partial charge is 0.511 e. The number of likely N-dealkylation sites (tertiary alicyclic amines) is 1. The highest BCUT2D eigenvalue weighted by atomic mass is 16.6. The zero-order valence-corrected chi connectivity index (χ0v) is 15.6. The Morgan fingerprint density at radius 2 is 1.96 bits per heavy atom. The molecule has 0 aromatic heterocycles. The van der Waals surface area contributed by atoms with Gasteiger partial charge < -0.3 is 15.2 Å². The summed E-state index contributed by atoms with van der Waals surface area (Å²) in [6, 6.07) is -0.0349. The molecular weight excluding hydrogens is 304 g/mol. The van der Waals surface area contributed by atoms with Gasteiger partial charge in [-0.15, -0.1) is 0 Å². The Kier molecular flexibility index (Phi) is 6.93. The molecular formula is C19H32N2O3. The lowest BCUT2D eigenvalue weighted by molar-refractivity contribution is 0.00728. The normalized spacial score (nSPS) is 25.2. The van der Waals surface area contributed by atoms with Crippen LogP contribution < -0.4 is 5.32 Å².